The Kier molecular flexibility index (Phi) is 4.39. The number of carbonyl (C=O) groups excluding carboxylic acids is 2. The molecule has 2 aromatic rings. The summed E-state index contributed by atoms with van der Waals surface area (Å²) in [5.74, 6) is 0.0911. The Morgan fingerprint density at radius 2 is 1.83 bits per heavy atom. The fourth-order valence-electron chi connectivity index (χ4n) is 4.92. The molecule has 2 unspecified atom stereocenters. The van der Waals surface area contributed by atoms with Crippen LogP contribution in [0.25, 0.3) is 0 Å². The Labute approximate surface area is 170 Å². The van der Waals surface area contributed by atoms with Gasteiger partial charge in [-0.05, 0) is 44.0 Å². The zero-order valence-electron chi connectivity index (χ0n) is 16.6. The molecule has 0 saturated carbocycles. The molecule has 2 atom stereocenters. The van der Waals surface area contributed by atoms with E-state index in [-0.39, 0.29) is 24.1 Å². The Hall–Kier alpha value is -2.73. The molecular formula is C23H25N3O3. The largest absolute Gasteiger partial charge is 0.342 e. The summed E-state index contributed by atoms with van der Waals surface area (Å²) in [6.07, 6.45) is 2.63. The number of benzene rings is 1. The number of aryl methyl sites for hydroxylation is 1. The maximum Gasteiger partial charge on any atom is 0.257 e. The molecule has 5 rings (SSSR count). The van der Waals surface area contributed by atoms with Crippen molar-refractivity contribution in [2.24, 2.45) is 0 Å². The van der Waals surface area contributed by atoms with Gasteiger partial charge in [0, 0.05) is 37.2 Å². The first-order valence-electron chi connectivity index (χ1n) is 10.4. The minimum atomic E-state index is -0.791. The van der Waals surface area contributed by atoms with Crippen LogP contribution in [0.3, 0.4) is 0 Å². The number of ether oxygens (including phenoxy) is 1. The molecule has 0 N–H and O–H groups in total. The summed E-state index contributed by atoms with van der Waals surface area (Å²) in [7, 11) is 0. The summed E-state index contributed by atoms with van der Waals surface area (Å²) in [4.78, 5) is 34.6. The molecule has 6 heteroatoms. The predicted molar refractivity (Wildman–Crippen MR) is 107 cm³/mol. The number of likely N-dealkylation sites (tertiary alicyclic amines) is 1. The third-order valence-corrected chi connectivity index (χ3v) is 6.45. The monoisotopic (exact) mass is 391 g/mol. The van der Waals surface area contributed by atoms with Gasteiger partial charge >= 0.3 is 0 Å². The highest BCUT2D eigenvalue weighted by molar-refractivity contribution is 5.95. The van der Waals surface area contributed by atoms with Crippen LogP contribution >= 0.6 is 0 Å². The normalized spacial score (nSPS) is 25.5. The molecule has 3 aliphatic heterocycles. The maximum atomic E-state index is 13.4. The van der Waals surface area contributed by atoms with Crippen LogP contribution in [0.1, 0.15) is 53.5 Å². The van der Waals surface area contributed by atoms with E-state index >= 15 is 0 Å². The summed E-state index contributed by atoms with van der Waals surface area (Å²) in [6, 6.07) is 15.3. The molecule has 1 spiro atoms. The smallest absolute Gasteiger partial charge is 0.257 e. The Morgan fingerprint density at radius 3 is 2.55 bits per heavy atom. The standard InChI is InChI=1S/C23H25N3O3/c1-16-6-5-9-18(24-16)19-10-11-20-26(19)22(28)23(29-20)12-14-25(15-13-23)21(27)17-7-3-2-4-8-17/h2-9,19-20H,10-15H2,1H3. The summed E-state index contributed by atoms with van der Waals surface area (Å²) >= 11 is 0. The number of carbonyl (C=O) groups is 2. The first kappa shape index (κ1) is 18.3. The van der Waals surface area contributed by atoms with Gasteiger partial charge in [0.25, 0.3) is 11.8 Å². The topological polar surface area (TPSA) is 62.7 Å². The predicted octanol–water partition coefficient (Wildman–Crippen LogP) is 3.08. The van der Waals surface area contributed by atoms with Crippen molar-refractivity contribution in [2.45, 2.75) is 50.5 Å². The van der Waals surface area contributed by atoms with Crippen molar-refractivity contribution in [3.8, 4) is 0 Å². The van der Waals surface area contributed by atoms with Gasteiger partial charge in [-0.2, -0.15) is 0 Å². The molecule has 29 heavy (non-hydrogen) atoms. The Bertz CT molecular complexity index is 937. The average molecular weight is 391 g/mol. The van der Waals surface area contributed by atoms with Crippen LogP contribution in [-0.2, 0) is 9.53 Å². The van der Waals surface area contributed by atoms with E-state index < -0.39 is 5.60 Å². The number of pyridine rings is 1. The number of piperidine rings is 1. The highest BCUT2D eigenvalue weighted by Crippen LogP contribution is 2.47. The van der Waals surface area contributed by atoms with E-state index in [0.717, 1.165) is 24.2 Å². The van der Waals surface area contributed by atoms with E-state index in [1.54, 1.807) is 0 Å². The van der Waals surface area contributed by atoms with Crippen LogP contribution in [0.5, 0.6) is 0 Å². The zero-order valence-corrected chi connectivity index (χ0v) is 16.6. The van der Waals surface area contributed by atoms with Crippen molar-refractivity contribution in [3.63, 3.8) is 0 Å². The number of fused-ring (bicyclic) bond motifs is 1. The third-order valence-electron chi connectivity index (χ3n) is 6.45. The fraction of sp³-hybridized carbons (Fsp3) is 0.435. The first-order valence-corrected chi connectivity index (χ1v) is 10.4. The van der Waals surface area contributed by atoms with E-state index in [2.05, 4.69) is 4.98 Å². The van der Waals surface area contributed by atoms with E-state index in [1.807, 2.05) is 65.3 Å². The highest BCUT2D eigenvalue weighted by Gasteiger charge is 2.58. The number of hydrogen-bond donors (Lipinski definition) is 0. The number of amides is 2. The number of rotatable bonds is 2. The van der Waals surface area contributed by atoms with Crippen LogP contribution in [-0.4, -0.2) is 51.5 Å². The van der Waals surface area contributed by atoms with Gasteiger partial charge in [0.2, 0.25) is 0 Å². The second kappa shape index (κ2) is 6.95. The van der Waals surface area contributed by atoms with Crippen molar-refractivity contribution in [1.82, 2.24) is 14.8 Å². The van der Waals surface area contributed by atoms with Gasteiger partial charge in [0.15, 0.2) is 5.60 Å². The molecule has 0 radical (unpaired) electrons. The molecule has 1 aromatic heterocycles. The minimum absolute atomic E-state index is 0.0178. The van der Waals surface area contributed by atoms with Crippen LogP contribution < -0.4 is 0 Å². The lowest BCUT2D eigenvalue weighted by molar-refractivity contribution is -0.142. The van der Waals surface area contributed by atoms with Crippen LogP contribution in [0, 0.1) is 6.92 Å². The van der Waals surface area contributed by atoms with E-state index in [0.29, 0.717) is 31.5 Å². The lowest BCUT2D eigenvalue weighted by Gasteiger charge is -2.37. The molecule has 150 valence electrons. The highest BCUT2D eigenvalue weighted by atomic mass is 16.6. The molecule has 3 aliphatic rings. The number of nitrogens with zero attached hydrogens (tertiary/aromatic N) is 3. The summed E-state index contributed by atoms with van der Waals surface area (Å²) < 4.78 is 6.35. The summed E-state index contributed by atoms with van der Waals surface area (Å²) in [6.45, 7) is 3.04. The lowest BCUT2D eigenvalue weighted by Crippen LogP contribution is -2.51. The Morgan fingerprint density at radius 1 is 1.07 bits per heavy atom. The summed E-state index contributed by atoms with van der Waals surface area (Å²) in [5, 5.41) is 0. The molecule has 0 bridgehead atoms. The molecule has 2 amide bonds. The molecule has 4 heterocycles. The lowest BCUT2D eigenvalue weighted by atomic mass is 9.89. The maximum absolute atomic E-state index is 13.4. The molecule has 3 saturated heterocycles. The van der Waals surface area contributed by atoms with Gasteiger partial charge in [-0.3, -0.25) is 14.6 Å². The van der Waals surface area contributed by atoms with Gasteiger partial charge in [0.1, 0.15) is 6.23 Å². The van der Waals surface area contributed by atoms with Gasteiger partial charge in [-0.25, -0.2) is 0 Å². The molecule has 6 nitrogen and oxygen atoms in total. The van der Waals surface area contributed by atoms with Gasteiger partial charge < -0.3 is 14.5 Å². The van der Waals surface area contributed by atoms with Gasteiger partial charge in [0.05, 0.1) is 11.7 Å². The van der Waals surface area contributed by atoms with Crippen molar-refractivity contribution < 1.29 is 14.3 Å². The second-order valence-corrected chi connectivity index (χ2v) is 8.23. The van der Waals surface area contributed by atoms with Gasteiger partial charge in [-0.1, -0.05) is 24.3 Å². The SMILES string of the molecule is Cc1cccc(C2CCC3OC4(CCN(C(=O)c5ccccc5)CC4)C(=O)N32)n1. The molecule has 1 aromatic carbocycles. The van der Waals surface area contributed by atoms with E-state index in [4.69, 9.17) is 4.74 Å². The Balaban J connectivity index is 1.31. The minimum Gasteiger partial charge on any atom is -0.342 e. The van der Waals surface area contributed by atoms with Crippen LogP contribution in [0.15, 0.2) is 48.5 Å². The van der Waals surface area contributed by atoms with Crippen molar-refractivity contribution in [3.05, 3.63) is 65.5 Å². The number of hydrogen-bond acceptors (Lipinski definition) is 4. The third kappa shape index (κ3) is 3.02. The van der Waals surface area contributed by atoms with Gasteiger partial charge in [-0.15, -0.1) is 0 Å². The van der Waals surface area contributed by atoms with Crippen molar-refractivity contribution >= 4 is 11.8 Å². The van der Waals surface area contributed by atoms with E-state index in [1.165, 1.54) is 0 Å². The summed E-state index contributed by atoms with van der Waals surface area (Å²) in [5.41, 5.74) is 1.80. The fourth-order valence-corrected chi connectivity index (χ4v) is 4.92. The quantitative estimate of drug-likeness (QED) is 0.789. The second-order valence-electron chi connectivity index (χ2n) is 8.23. The first-order chi connectivity index (χ1) is 14.1. The molecule has 3 fully saturated rings. The van der Waals surface area contributed by atoms with E-state index in [9.17, 15) is 9.59 Å². The average Bonchev–Trinajstić information content (AvgIpc) is 3.27. The zero-order chi connectivity index (χ0) is 20.0. The number of aromatic nitrogens is 1. The van der Waals surface area contributed by atoms with Crippen LogP contribution in [0.2, 0.25) is 0 Å². The molecular weight excluding hydrogens is 366 g/mol. The van der Waals surface area contributed by atoms with Crippen molar-refractivity contribution in [1.29, 1.82) is 0 Å². The molecule has 0 aliphatic carbocycles. The van der Waals surface area contributed by atoms with Crippen molar-refractivity contribution in [2.75, 3.05) is 13.1 Å². The van der Waals surface area contributed by atoms with Crippen LogP contribution in [0.4, 0.5) is 0 Å².